The van der Waals surface area contributed by atoms with Gasteiger partial charge in [0.15, 0.2) is 0 Å². The fraction of sp³-hybridized carbons (Fsp3) is 0.571. The van der Waals surface area contributed by atoms with Gasteiger partial charge in [-0.3, -0.25) is 4.90 Å². The maximum atomic E-state index is 14.0. The highest BCUT2D eigenvalue weighted by atomic mass is 79.9. The van der Waals surface area contributed by atoms with Crippen molar-refractivity contribution < 1.29 is 8.78 Å². The van der Waals surface area contributed by atoms with Crippen molar-refractivity contribution in [3.8, 4) is 0 Å². The molecule has 2 aliphatic heterocycles. The minimum absolute atomic E-state index is 0.330. The van der Waals surface area contributed by atoms with Gasteiger partial charge < -0.3 is 4.90 Å². The van der Waals surface area contributed by atoms with Crippen LogP contribution in [0.1, 0.15) is 19.3 Å². The molecule has 0 N–H and O–H groups in total. The summed E-state index contributed by atoms with van der Waals surface area (Å²) in [5, 5.41) is 0. The van der Waals surface area contributed by atoms with Crippen LogP contribution in [-0.2, 0) is 0 Å². The van der Waals surface area contributed by atoms with E-state index in [1.165, 1.54) is 12.8 Å². The topological polar surface area (TPSA) is 6.48 Å². The molecule has 104 valence electrons. The molecule has 1 unspecified atom stereocenters. The van der Waals surface area contributed by atoms with Crippen molar-refractivity contribution >= 4 is 21.6 Å². The minimum atomic E-state index is -0.543. The van der Waals surface area contributed by atoms with Crippen LogP contribution in [-0.4, -0.2) is 37.1 Å². The zero-order valence-corrected chi connectivity index (χ0v) is 12.3. The molecule has 0 amide bonds. The lowest BCUT2D eigenvalue weighted by molar-refractivity contribution is 0.273. The first-order chi connectivity index (χ1) is 9.15. The molecule has 0 spiro atoms. The van der Waals surface area contributed by atoms with E-state index in [0.29, 0.717) is 16.2 Å². The Labute approximate surface area is 120 Å². The van der Waals surface area contributed by atoms with Crippen LogP contribution in [0.4, 0.5) is 14.5 Å². The van der Waals surface area contributed by atoms with E-state index >= 15 is 0 Å². The number of hydrogen-bond acceptors (Lipinski definition) is 2. The van der Waals surface area contributed by atoms with Crippen molar-refractivity contribution in [1.29, 1.82) is 0 Å². The monoisotopic (exact) mass is 330 g/mol. The second-order valence-corrected chi connectivity index (χ2v) is 6.20. The molecule has 5 heteroatoms. The van der Waals surface area contributed by atoms with Crippen LogP contribution in [0, 0.1) is 11.6 Å². The maximum Gasteiger partial charge on any atom is 0.149 e. The molecule has 3 rings (SSSR count). The fourth-order valence-electron chi connectivity index (χ4n) is 3.18. The Morgan fingerprint density at radius 3 is 2.68 bits per heavy atom. The number of benzene rings is 1. The maximum absolute atomic E-state index is 14.0. The molecule has 0 radical (unpaired) electrons. The predicted octanol–water partition coefficient (Wildman–Crippen LogP) is 3.40. The van der Waals surface area contributed by atoms with Gasteiger partial charge >= 0.3 is 0 Å². The molecule has 19 heavy (non-hydrogen) atoms. The number of rotatable bonds is 1. The van der Waals surface area contributed by atoms with Gasteiger partial charge in [0.1, 0.15) is 11.6 Å². The lowest BCUT2D eigenvalue weighted by Gasteiger charge is -2.27. The molecule has 2 saturated heterocycles. The van der Waals surface area contributed by atoms with Gasteiger partial charge in [0.25, 0.3) is 0 Å². The molecule has 0 aromatic heterocycles. The molecule has 1 aromatic carbocycles. The van der Waals surface area contributed by atoms with Crippen molar-refractivity contribution in [3.63, 3.8) is 0 Å². The van der Waals surface area contributed by atoms with Crippen LogP contribution in [0.15, 0.2) is 16.6 Å². The van der Waals surface area contributed by atoms with Crippen LogP contribution in [0.25, 0.3) is 0 Å². The van der Waals surface area contributed by atoms with Crippen molar-refractivity contribution in [1.82, 2.24) is 4.90 Å². The quantitative estimate of drug-likeness (QED) is 0.728. The molecule has 1 aromatic rings. The highest BCUT2D eigenvalue weighted by Crippen LogP contribution is 2.30. The summed E-state index contributed by atoms with van der Waals surface area (Å²) >= 11 is 3.14. The summed E-state index contributed by atoms with van der Waals surface area (Å²) in [7, 11) is 0. The number of anilines is 1. The number of halogens is 3. The second-order valence-electron chi connectivity index (χ2n) is 5.35. The molecule has 0 aliphatic carbocycles. The van der Waals surface area contributed by atoms with Gasteiger partial charge in [-0.05, 0) is 47.8 Å². The molecule has 2 fully saturated rings. The summed E-state index contributed by atoms with van der Waals surface area (Å²) in [5.74, 6) is -1.01. The van der Waals surface area contributed by atoms with Crippen LogP contribution < -0.4 is 4.90 Å². The summed E-state index contributed by atoms with van der Waals surface area (Å²) in [6.45, 7) is 3.93. The van der Waals surface area contributed by atoms with E-state index in [-0.39, 0.29) is 0 Å². The Kier molecular flexibility index (Phi) is 3.76. The summed E-state index contributed by atoms with van der Waals surface area (Å²) in [6.07, 6.45) is 3.44. The smallest absolute Gasteiger partial charge is 0.149 e. The lowest BCUT2D eigenvalue weighted by Crippen LogP contribution is -2.37. The molecular formula is C14H17BrF2N2. The third kappa shape index (κ3) is 2.63. The van der Waals surface area contributed by atoms with Crippen LogP contribution >= 0.6 is 15.9 Å². The molecule has 0 bridgehead atoms. The fourth-order valence-corrected chi connectivity index (χ4v) is 3.51. The molecule has 2 nitrogen and oxygen atoms in total. The lowest BCUT2D eigenvalue weighted by atomic mass is 10.2. The van der Waals surface area contributed by atoms with Gasteiger partial charge in [0.2, 0.25) is 0 Å². The Morgan fingerprint density at radius 2 is 1.84 bits per heavy atom. The third-order valence-corrected chi connectivity index (χ3v) is 4.74. The van der Waals surface area contributed by atoms with E-state index < -0.39 is 11.6 Å². The first-order valence-corrected chi connectivity index (χ1v) is 7.58. The van der Waals surface area contributed by atoms with E-state index in [2.05, 4.69) is 25.7 Å². The number of nitrogens with zero attached hydrogens (tertiary/aromatic N) is 2. The average molecular weight is 331 g/mol. The Balaban J connectivity index is 1.86. The van der Waals surface area contributed by atoms with Gasteiger partial charge in [-0.25, -0.2) is 8.78 Å². The van der Waals surface area contributed by atoms with E-state index in [9.17, 15) is 8.78 Å². The molecule has 2 aliphatic rings. The highest BCUT2D eigenvalue weighted by molar-refractivity contribution is 9.10. The summed E-state index contributed by atoms with van der Waals surface area (Å²) in [4.78, 5) is 4.56. The van der Waals surface area contributed by atoms with Crippen molar-refractivity contribution in [2.24, 2.45) is 0 Å². The third-order valence-electron chi connectivity index (χ3n) is 4.13. The highest BCUT2D eigenvalue weighted by Gasteiger charge is 2.29. The van der Waals surface area contributed by atoms with Gasteiger partial charge in [-0.15, -0.1) is 0 Å². The zero-order valence-electron chi connectivity index (χ0n) is 10.7. The van der Waals surface area contributed by atoms with Crippen LogP contribution in [0.2, 0.25) is 0 Å². The van der Waals surface area contributed by atoms with E-state index in [1.807, 2.05) is 0 Å². The largest absolute Gasteiger partial charge is 0.368 e. The standard InChI is InChI=1S/C14H17BrF2N2/c15-11-7-14(13(17)8-12(11)16)19-6-2-5-18-4-1-3-10(18)9-19/h7-8,10H,1-6,9H2. The van der Waals surface area contributed by atoms with Gasteiger partial charge in [-0.1, -0.05) is 0 Å². The average Bonchev–Trinajstić information content (AvgIpc) is 2.71. The molecule has 1 atom stereocenters. The molecular weight excluding hydrogens is 314 g/mol. The van der Waals surface area contributed by atoms with Crippen molar-refractivity contribution in [2.45, 2.75) is 25.3 Å². The van der Waals surface area contributed by atoms with Gasteiger partial charge in [0.05, 0.1) is 10.2 Å². The van der Waals surface area contributed by atoms with Crippen molar-refractivity contribution in [3.05, 3.63) is 28.2 Å². The number of fused-ring (bicyclic) bond motifs is 1. The predicted molar refractivity (Wildman–Crippen MR) is 75.5 cm³/mol. The Hall–Kier alpha value is -0.680. The van der Waals surface area contributed by atoms with E-state index in [1.54, 1.807) is 6.07 Å². The zero-order chi connectivity index (χ0) is 13.4. The summed E-state index contributed by atoms with van der Waals surface area (Å²) in [6, 6.07) is 3.05. The molecule has 2 heterocycles. The Bertz CT molecular complexity index is 481. The first kappa shape index (κ1) is 13.3. The van der Waals surface area contributed by atoms with Gasteiger partial charge in [-0.2, -0.15) is 0 Å². The van der Waals surface area contributed by atoms with Crippen LogP contribution in [0.5, 0.6) is 0 Å². The van der Waals surface area contributed by atoms with E-state index in [0.717, 1.165) is 38.7 Å². The van der Waals surface area contributed by atoms with Crippen LogP contribution in [0.3, 0.4) is 0 Å². The SMILES string of the molecule is Fc1cc(F)c(N2CCCN3CCCC3C2)cc1Br. The minimum Gasteiger partial charge on any atom is -0.368 e. The van der Waals surface area contributed by atoms with E-state index in [4.69, 9.17) is 0 Å². The normalized spacial score (nSPS) is 24.4. The summed E-state index contributed by atoms with van der Waals surface area (Å²) < 4.78 is 27.6. The Morgan fingerprint density at radius 1 is 1.05 bits per heavy atom. The van der Waals surface area contributed by atoms with Crippen molar-refractivity contribution in [2.75, 3.05) is 31.1 Å². The summed E-state index contributed by atoms with van der Waals surface area (Å²) in [5.41, 5.74) is 0.516. The second kappa shape index (κ2) is 5.37. The van der Waals surface area contributed by atoms with Gasteiger partial charge in [0, 0.05) is 31.7 Å². The first-order valence-electron chi connectivity index (χ1n) is 6.78. The molecule has 0 saturated carbocycles. The number of hydrogen-bond donors (Lipinski definition) is 0.